The number of non-ortho nitro benzene ring substituents is 1. The Bertz CT molecular complexity index is 762. The zero-order valence-corrected chi connectivity index (χ0v) is 11.7. The van der Waals surface area contributed by atoms with Crippen molar-refractivity contribution in [2.24, 2.45) is 0 Å². The molecule has 9 heteroatoms. The van der Waals surface area contributed by atoms with Gasteiger partial charge in [0.15, 0.2) is 0 Å². The molecule has 0 saturated carbocycles. The number of methoxy groups -OCH3 is 1. The van der Waals surface area contributed by atoms with Gasteiger partial charge >= 0.3 is 0 Å². The van der Waals surface area contributed by atoms with Gasteiger partial charge in [0.1, 0.15) is 10.6 Å². The summed E-state index contributed by atoms with van der Waals surface area (Å²) in [4.78, 5) is 13.6. The molecule has 0 saturated heterocycles. The van der Waals surface area contributed by atoms with Crippen LogP contribution >= 0.6 is 0 Å². The summed E-state index contributed by atoms with van der Waals surface area (Å²) in [6.45, 7) is 0. The smallest absolute Gasteiger partial charge is 0.271 e. The minimum absolute atomic E-state index is 0.0159. The van der Waals surface area contributed by atoms with E-state index in [0.29, 0.717) is 5.69 Å². The van der Waals surface area contributed by atoms with Gasteiger partial charge in [0.05, 0.1) is 17.7 Å². The zero-order valence-electron chi connectivity index (χ0n) is 10.9. The number of nitrogens with zero attached hydrogens (tertiary/aromatic N) is 2. The molecule has 0 fully saturated rings. The standard InChI is InChI=1S/C12H11N3O5S/c1-20-11-3-2-10(15(16)17)8-12(11)21(18,19)14-9-4-6-13-7-5-9/h2-8H,1H3,(H,13,14). The van der Waals surface area contributed by atoms with Crippen molar-refractivity contribution >= 4 is 21.4 Å². The van der Waals surface area contributed by atoms with E-state index in [1.807, 2.05) is 0 Å². The van der Waals surface area contributed by atoms with E-state index in [0.717, 1.165) is 6.07 Å². The van der Waals surface area contributed by atoms with Crippen LogP contribution in [-0.4, -0.2) is 25.4 Å². The number of nitro groups is 1. The van der Waals surface area contributed by atoms with Crippen molar-refractivity contribution < 1.29 is 18.1 Å². The molecule has 1 heterocycles. The fraction of sp³-hybridized carbons (Fsp3) is 0.0833. The first-order valence-corrected chi connectivity index (χ1v) is 7.17. The highest BCUT2D eigenvalue weighted by molar-refractivity contribution is 7.92. The quantitative estimate of drug-likeness (QED) is 0.666. The highest BCUT2D eigenvalue weighted by atomic mass is 32.2. The molecule has 0 aliphatic rings. The Morgan fingerprint density at radius 1 is 1.24 bits per heavy atom. The molecule has 0 spiro atoms. The van der Waals surface area contributed by atoms with E-state index in [4.69, 9.17) is 4.74 Å². The summed E-state index contributed by atoms with van der Waals surface area (Å²) in [5, 5.41) is 10.8. The SMILES string of the molecule is COc1ccc([N+](=O)[O-])cc1S(=O)(=O)Nc1ccncc1. The Morgan fingerprint density at radius 2 is 1.90 bits per heavy atom. The van der Waals surface area contributed by atoms with Crippen LogP contribution in [0.5, 0.6) is 5.75 Å². The van der Waals surface area contributed by atoms with Gasteiger partial charge in [-0.1, -0.05) is 0 Å². The van der Waals surface area contributed by atoms with Crippen LogP contribution in [0.2, 0.25) is 0 Å². The lowest BCUT2D eigenvalue weighted by Gasteiger charge is -2.11. The van der Waals surface area contributed by atoms with Crippen LogP contribution in [-0.2, 0) is 10.0 Å². The lowest BCUT2D eigenvalue weighted by atomic mass is 10.3. The van der Waals surface area contributed by atoms with Gasteiger partial charge in [-0.2, -0.15) is 0 Å². The monoisotopic (exact) mass is 309 g/mol. The second kappa shape index (κ2) is 5.75. The van der Waals surface area contributed by atoms with Crippen molar-refractivity contribution in [1.82, 2.24) is 4.98 Å². The van der Waals surface area contributed by atoms with Gasteiger partial charge < -0.3 is 4.74 Å². The number of ether oxygens (including phenoxy) is 1. The molecule has 0 atom stereocenters. The van der Waals surface area contributed by atoms with E-state index in [1.165, 1.54) is 43.8 Å². The van der Waals surface area contributed by atoms with Crippen LogP contribution in [0, 0.1) is 10.1 Å². The number of hydrogen-bond donors (Lipinski definition) is 1. The van der Waals surface area contributed by atoms with Crippen molar-refractivity contribution in [3.63, 3.8) is 0 Å². The average molecular weight is 309 g/mol. The highest BCUT2D eigenvalue weighted by Gasteiger charge is 2.23. The van der Waals surface area contributed by atoms with E-state index in [-0.39, 0.29) is 16.3 Å². The van der Waals surface area contributed by atoms with Crippen LogP contribution in [0.25, 0.3) is 0 Å². The molecule has 110 valence electrons. The number of nitrogens with one attached hydrogen (secondary N) is 1. The van der Waals surface area contributed by atoms with Crippen molar-refractivity contribution in [2.45, 2.75) is 4.90 Å². The van der Waals surface area contributed by atoms with Gasteiger partial charge in [-0.25, -0.2) is 8.42 Å². The molecule has 0 bridgehead atoms. The summed E-state index contributed by atoms with van der Waals surface area (Å²) in [6.07, 6.45) is 2.84. The summed E-state index contributed by atoms with van der Waals surface area (Å²) in [6, 6.07) is 6.27. The number of anilines is 1. The number of sulfonamides is 1. The molecule has 0 aliphatic carbocycles. The number of rotatable bonds is 5. The van der Waals surface area contributed by atoms with Crippen LogP contribution < -0.4 is 9.46 Å². The normalized spacial score (nSPS) is 10.9. The van der Waals surface area contributed by atoms with Crippen molar-refractivity contribution in [2.75, 3.05) is 11.8 Å². The lowest BCUT2D eigenvalue weighted by molar-refractivity contribution is -0.385. The third kappa shape index (κ3) is 3.26. The summed E-state index contributed by atoms with van der Waals surface area (Å²) in [5.41, 5.74) is -0.0514. The maximum atomic E-state index is 12.3. The Labute approximate surface area is 120 Å². The number of pyridine rings is 1. The molecular weight excluding hydrogens is 298 g/mol. The zero-order chi connectivity index (χ0) is 15.5. The Hall–Kier alpha value is -2.68. The largest absolute Gasteiger partial charge is 0.495 e. The Morgan fingerprint density at radius 3 is 2.48 bits per heavy atom. The topological polar surface area (TPSA) is 111 Å². The fourth-order valence-corrected chi connectivity index (χ4v) is 2.87. The first kappa shape index (κ1) is 14.7. The highest BCUT2D eigenvalue weighted by Crippen LogP contribution is 2.29. The van der Waals surface area contributed by atoms with Crippen LogP contribution in [0.4, 0.5) is 11.4 Å². The minimum Gasteiger partial charge on any atom is -0.495 e. The predicted octanol–water partition coefficient (Wildman–Crippen LogP) is 1.80. The van der Waals surface area contributed by atoms with E-state index < -0.39 is 14.9 Å². The Kier molecular flexibility index (Phi) is 4.03. The Balaban J connectivity index is 2.48. The lowest BCUT2D eigenvalue weighted by Crippen LogP contribution is -2.14. The summed E-state index contributed by atoms with van der Waals surface area (Å²) < 4.78 is 31.9. The third-order valence-corrected chi connectivity index (χ3v) is 3.98. The second-order valence-electron chi connectivity index (χ2n) is 3.93. The average Bonchev–Trinajstić information content (AvgIpc) is 2.47. The molecule has 0 radical (unpaired) electrons. The summed E-state index contributed by atoms with van der Waals surface area (Å²) in [5.74, 6) is 0.0159. The minimum atomic E-state index is -4.02. The van der Waals surface area contributed by atoms with Gasteiger partial charge in [0, 0.05) is 24.5 Å². The van der Waals surface area contributed by atoms with Gasteiger partial charge in [-0.15, -0.1) is 0 Å². The van der Waals surface area contributed by atoms with Crippen LogP contribution in [0.1, 0.15) is 0 Å². The van der Waals surface area contributed by atoms with Crippen LogP contribution in [0.15, 0.2) is 47.6 Å². The second-order valence-corrected chi connectivity index (χ2v) is 5.58. The molecule has 1 N–H and O–H groups in total. The van der Waals surface area contributed by atoms with Gasteiger partial charge in [-0.05, 0) is 18.2 Å². The van der Waals surface area contributed by atoms with Gasteiger partial charge in [-0.3, -0.25) is 19.8 Å². The number of benzene rings is 1. The molecule has 2 rings (SSSR count). The first-order chi connectivity index (χ1) is 9.94. The summed E-state index contributed by atoms with van der Waals surface area (Å²) in [7, 11) is -2.73. The molecule has 8 nitrogen and oxygen atoms in total. The van der Waals surface area contributed by atoms with E-state index in [9.17, 15) is 18.5 Å². The van der Waals surface area contributed by atoms with Crippen molar-refractivity contribution in [3.05, 3.63) is 52.8 Å². The molecule has 0 aliphatic heterocycles. The number of hydrogen-bond acceptors (Lipinski definition) is 6. The maximum Gasteiger partial charge on any atom is 0.271 e. The van der Waals surface area contributed by atoms with E-state index in [1.54, 1.807) is 0 Å². The fourth-order valence-electron chi connectivity index (χ4n) is 1.62. The van der Waals surface area contributed by atoms with Gasteiger partial charge in [0.25, 0.3) is 15.7 Å². The van der Waals surface area contributed by atoms with E-state index in [2.05, 4.69) is 9.71 Å². The molecule has 2 aromatic rings. The molecule has 21 heavy (non-hydrogen) atoms. The first-order valence-electron chi connectivity index (χ1n) is 5.69. The van der Waals surface area contributed by atoms with Gasteiger partial charge in [0.2, 0.25) is 0 Å². The van der Waals surface area contributed by atoms with Crippen LogP contribution in [0.3, 0.4) is 0 Å². The molecule has 0 amide bonds. The molecular formula is C12H11N3O5S. The summed E-state index contributed by atoms with van der Waals surface area (Å²) >= 11 is 0. The van der Waals surface area contributed by atoms with Crippen molar-refractivity contribution in [3.8, 4) is 5.75 Å². The molecule has 0 unspecified atom stereocenters. The van der Waals surface area contributed by atoms with Crippen molar-refractivity contribution in [1.29, 1.82) is 0 Å². The molecule has 1 aromatic heterocycles. The molecule has 1 aromatic carbocycles. The van der Waals surface area contributed by atoms with E-state index >= 15 is 0 Å². The third-order valence-electron chi connectivity index (χ3n) is 2.58. The number of nitro benzene ring substituents is 1. The number of aromatic nitrogens is 1. The maximum absolute atomic E-state index is 12.3. The predicted molar refractivity (Wildman–Crippen MR) is 74.7 cm³/mol.